The Morgan fingerprint density at radius 3 is 3.09 bits per heavy atom. The van der Waals surface area contributed by atoms with E-state index in [1.165, 1.54) is 18.0 Å². The van der Waals surface area contributed by atoms with Crippen LogP contribution in [-0.4, -0.2) is 28.3 Å². The van der Waals surface area contributed by atoms with Gasteiger partial charge in [0, 0.05) is 32.1 Å². The number of carbonyl (C=O) groups excluding carboxylic acids is 1. The summed E-state index contributed by atoms with van der Waals surface area (Å²) in [7, 11) is 1.64. The number of thioether (sulfide) groups is 1. The first-order valence-corrected chi connectivity index (χ1v) is 8.25. The molecule has 1 aliphatic rings. The Morgan fingerprint density at radius 1 is 1.43 bits per heavy atom. The van der Waals surface area contributed by atoms with Crippen molar-refractivity contribution >= 4 is 17.7 Å². The molecule has 2 aromatic rings. The predicted molar refractivity (Wildman–Crippen MR) is 87.5 cm³/mol. The van der Waals surface area contributed by atoms with Crippen LogP contribution < -0.4 is 10.9 Å². The highest BCUT2D eigenvalue weighted by Crippen LogP contribution is 2.20. The summed E-state index contributed by atoms with van der Waals surface area (Å²) in [5.74, 6) is 0.423. The average Bonchev–Trinajstić information content (AvgIpc) is 3.03. The summed E-state index contributed by atoms with van der Waals surface area (Å²) in [6.45, 7) is 1.48. The Bertz CT molecular complexity index is 788. The number of amides is 1. The zero-order valence-electron chi connectivity index (χ0n) is 12.7. The number of benzene rings is 1. The van der Waals surface area contributed by atoms with Crippen molar-refractivity contribution in [3.8, 4) is 0 Å². The summed E-state index contributed by atoms with van der Waals surface area (Å²) in [6.07, 6.45) is 1.36. The number of hydrogen-bond donors (Lipinski definition) is 1. The van der Waals surface area contributed by atoms with Crippen LogP contribution in [0.5, 0.6) is 0 Å². The molecule has 0 saturated heterocycles. The maximum atomic E-state index is 12.3. The molecule has 0 unspecified atom stereocenters. The van der Waals surface area contributed by atoms with Crippen molar-refractivity contribution in [3.63, 3.8) is 0 Å². The van der Waals surface area contributed by atoms with Crippen molar-refractivity contribution < 1.29 is 9.53 Å². The first-order valence-electron chi connectivity index (χ1n) is 7.26. The van der Waals surface area contributed by atoms with Crippen LogP contribution in [0, 0.1) is 0 Å². The number of methoxy groups -OCH3 is 1. The molecule has 1 aromatic heterocycles. The van der Waals surface area contributed by atoms with Gasteiger partial charge in [0.05, 0.1) is 6.61 Å². The summed E-state index contributed by atoms with van der Waals surface area (Å²) >= 11 is 1.53. The number of fused-ring (bicyclic) bond motifs is 1. The molecule has 0 bridgehead atoms. The van der Waals surface area contributed by atoms with Gasteiger partial charge in [-0.25, -0.2) is 4.98 Å². The van der Waals surface area contributed by atoms with E-state index in [9.17, 15) is 9.59 Å². The first-order chi connectivity index (χ1) is 11.2. The van der Waals surface area contributed by atoms with E-state index in [1.54, 1.807) is 11.7 Å². The van der Waals surface area contributed by atoms with Crippen molar-refractivity contribution in [2.75, 3.05) is 12.9 Å². The second-order valence-corrected chi connectivity index (χ2v) is 6.26. The Kier molecular flexibility index (Phi) is 4.78. The van der Waals surface area contributed by atoms with Crippen LogP contribution in [-0.2, 0) is 24.4 Å². The Morgan fingerprint density at radius 2 is 2.26 bits per heavy atom. The molecule has 1 N–H and O–H groups in total. The molecule has 23 heavy (non-hydrogen) atoms. The van der Waals surface area contributed by atoms with Gasteiger partial charge in [0.15, 0.2) is 5.16 Å². The SMILES string of the molecule is COCc1cccc(CNC(=O)c2cnc3n(c2=O)CCS3)c1. The molecule has 120 valence electrons. The van der Waals surface area contributed by atoms with Gasteiger partial charge in [0.2, 0.25) is 0 Å². The molecule has 1 amide bonds. The third-order valence-corrected chi connectivity index (χ3v) is 4.53. The van der Waals surface area contributed by atoms with E-state index in [-0.39, 0.29) is 11.1 Å². The summed E-state index contributed by atoms with van der Waals surface area (Å²) in [5, 5.41) is 3.46. The highest BCUT2D eigenvalue weighted by atomic mass is 32.2. The van der Waals surface area contributed by atoms with Gasteiger partial charge in [-0.15, -0.1) is 0 Å². The maximum Gasteiger partial charge on any atom is 0.267 e. The van der Waals surface area contributed by atoms with Crippen LogP contribution in [0.1, 0.15) is 21.5 Å². The zero-order valence-corrected chi connectivity index (χ0v) is 13.6. The Labute approximate surface area is 137 Å². The second-order valence-electron chi connectivity index (χ2n) is 5.20. The first kappa shape index (κ1) is 15.8. The summed E-state index contributed by atoms with van der Waals surface area (Å²) < 4.78 is 6.65. The highest BCUT2D eigenvalue weighted by molar-refractivity contribution is 7.99. The van der Waals surface area contributed by atoms with Crippen LogP contribution in [0.3, 0.4) is 0 Å². The number of hydrogen-bond acceptors (Lipinski definition) is 5. The van der Waals surface area contributed by atoms with Crippen LogP contribution in [0.2, 0.25) is 0 Å². The van der Waals surface area contributed by atoms with Gasteiger partial charge in [-0.05, 0) is 11.1 Å². The zero-order chi connectivity index (χ0) is 16.2. The minimum Gasteiger partial charge on any atom is -0.380 e. The van der Waals surface area contributed by atoms with Crippen molar-refractivity contribution in [1.82, 2.24) is 14.9 Å². The van der Waals surface area contributed by atoms with Gasteiger partial charge in [-0.1, -0.05) is 36.0 Å². The lowest BCUT2D eigenvalue weighted by Gasteiger charge is -2.08. The number of nitrogens with one attached hydrogen (secondary N) is 1. The quantitative estimate of drug-likeness (QED) is 0.839. The molecule has 0 fully saturated rings. The third kappa shape index (κ3) is 3.46. The maximum absolute atomic E-state index is 12.3. The van der Waals surface area contributed by atoms with Crippen molar-refractivity contribution in [2.45, 2.75) is 24.9 Å². The predicted octanol–water partition coefficient (Wildman–Crippen LogP) is 1.43. The molecule has 2 heterocycles. The lowest BCUT2D eigenvalue weighted by Crippen LogP contribution is -2.33. The molecule has 1 aromatic carbocycles. The van der Waals surface area contributed by atoms with Gasteiger partial charge in [0.25, 0.3) is 11.5 Å². The van der Waals surface area contributed by atoms with Crippen LogP contribution in [0.4, 0.5) is 0 Å². The highest BCUT2D eigenvalue weighted by Gasteiger charge is 2.19. The van der Waals surface area contributed by atoms with E-state index in [2.05, 4.69) is 10.3 Å². The Balaban J connectivity index is 1.71. The van der Waals surface area contributed by atoms with E-state index in [0.717, 1.165) is 16.9 Å². The number of rotatable bonds is 5. The van der Waals surface area contributed by atoms with Crippen LogP contribution in [0.15, 0.2) is 40.4 Å². The second kappa shape index (κ2) is 6.97. The molecular formula is C16H17N3O3S. The molecule has 6 nitrogen and oxygen atoms in total. The van der Waals surface area contributed by atoms with Crippen molar-refractivity contribution in [2.24, 2.45) is 0 Å². The van der Waals surface area contributed by atoms with E-state index >= 15 is 0 Å². The van der Waals surface area contributed by atoms with Gasteiger partial charge in [0.1, 0.15) is 5.56 Å². The van der Waals surface area contributed by atoms with Gasteiger partial charge < -0.3 is 10.1 Å². The minimum absolute atomic E-state index is 0.0873. The van der Waals surface area contributed by atoms with Crippen LogP contribution in [0.25, 0.3) is 0 Å². The van der Waals surface area contributed by atoms with E-state index in [0.29, 0.717) is 24.9 Å². The van der Waals surface area contributed by atoms with Crippen molar-refractivity contribution in [1.29, 1.82) is 0 Å². The molecule has 1 aliphatic heterocycles. The summed E-state index contributed by atoms with van der Waals surface area (Å²) in [4.78, 5) is 28.7. The molecule has 0 aliphatic carbocycles. The fourth-order valence-corrected chi connectivity index (χ4v) is 3.36. The summed E-state index contributed by atoms with van der Waals surface area (Å²) in [5.41, 5.74) is 1.81. The Hall–Kier alpha value is -2.12. The molecule has 0 radical (unpaired) electrons. The lowest BCUT2D eigenvalue weighted by atomic mass is 10.1. The fraction of sp³-hybridized carbons (Fsp3) is 0.312. The van der Waals surface area contributed by atoms with Crippen molar-refractivity contribution in [3.05, 3.63) is 57.5 Å². The van der Waals surface area contributed by atoms with E-state index < -0.39 is 5.91 Å². The van der Waals surface area contributed by atoms with E-state index in [4.69, 9.17) is 4.74 Å². The smallest absolute Gasteiger partial charge is 0.267 e. The number of aromatic nitrogens is 2. The minimum atomic E-state index is -0.396. The molecule has 0 saturated carbocycles. The monoisotopic (exact) mass is 331 g/mol. The summed E-state index contributed by atoms with van der Waals surface area (Å²) in [6, 6.07) is 7.76. The van der Waals surface area contributed by atoms with Gasteiger partial charge >= 0.3 is 0 Å². The van der Waals surface area contributed by atoms with Gasteiger partial charge in [-0.2, -0.15) is 0 Å². The largest absolute Gasteiger partial charge is 0.380 e. The molecular weight excluding hydrogens is 314 g/mol. The normalized spacial score (nSPS) is 12.9. The third-order valence-electron chi connectivity index (χ3n) is 3.56. The topological polar surface area (TPSA) is 73.2 Å². The lowest BCUT2D eigenvalue weighted by molar-refractivity contribution is 0.0948. The molecule has 7 heteroatoms. The standard InChI is InChI=1S/C16H17N3O3S/c1-22-10-12-4-2-3-11(7-12)8-17-14(20)13-9-18-16-19(15(13)21)5-6-23-16/h2-4,7,9H,5-6,8,10H2,1H3,(H,17,20). The average molecular weight is 331 g/mol. The molecule has 0 spiro atoms. The van der Waals surface area contributed by atoms with Gasteiger partial charge in [-0.3, -0.25) is 14.2 Å². The number of nitrogens with zero attached hydrogens (tertiary/aromatic N) is 2. The number of ether oxygens (including phenoxy) is 1. The van der Waals surface area contributed by atoms with E-state index in [1.807, 2.05) is 24.3 Å². The fourth-order valence-electron chi connectivity index (χ4n) is 2.45. The number of carbonyl (C=O) groups is 1. The van der Waals surface area contributed by atoms with Crippen LogP contribution >= 0.6 is 11.8 Å². The molecule has 0 atom stereocenters. The molecule has 3 rings (SSSR count).